The minimum absolute atomic E-state index is 0.499. The molecule has 0 amide bonds. The zero-order chi connectivity index (χ0) is 19.1. The zero-order valence-corrected chi connectivity index (χ0v) is 17.9. The van der Waals surface area contributed by atoms with E-state index in [1.807, 2.05) is 0 Å². The molecule has 2 aromatic rings. The smallest absolute Gasteiger partial charge is 0.0476 e. The topological polar surface area (TPSA) is 15.3 Å². The third-order valence-corrected chi connectivity index (χ3v) is 6.78. The molecular weight excluding hydrogens is 347 g/mol. The number of nitrogens with zero attached hydrogens (tertiary/aromatic N) is 1. The highest BCUT2D eigenvalue weighted by atomic mass is 31.1. The third-order valence-electron chi connectivity index (χ3n) is 5.82. The van der Waals surface area contributed by atoms with Gasteiger partial charge in [0.15, 0.2) is 0 Å². The van der Waals surface area contributed by atoms with Crippen LogP contribution >= 0.6 is 8.20 Å². The van der Waals surface area contributed by atoms with Crippen molar-refractivity contribution in [2.24, 2.45) is 5.92 Å². The molecule has 1 saturated heterocycles. The molecule has 0 radical (unpaired) electrons. The van der Waals surface area contributed by atoms with E-state index in [1.54, 1.807) is 0 Å². The SMILES string of the molecule is CCN(CC)C(=PC)c1ccc(C(c2ccccc2)C2CCNCC2)cc1. The van der Waals surface area contributed by atoms with Gasteiger partial charge in [-0.15, -0.1) is 0 Å². The van der Waals surface area contributed by atoms with Crippen LogP contribution in [-0.2, 0) is 0 Å². The van der Waals surface area contributed by atoms with Crippen LogP contribution in [0.5, 0.6) is 0 Å². The Morgan fingerprint density at radius 2 is 1.56 bits per heavy atom. The molecular formula is C24H33N2P. The summed E-state index contributed by atoms with van der Waals surface area (Å²) in [6.07, 6.45) is 2.51. The Labute approximate surface area is 166 Å². The van der Waals surface area contributed by atoms with Crippen LogP contribution in [0.3, 0.4) is 0 Å². The van der Waals surface area contributed by atoms with E-state index in [0.717, 1.165) is 32.1 Å². The Hall–Kier alpha value is -1.47. The highest BCUT2D eigenvalue weighted by Gasteiger charge is 2.26. The van der Waals surface area contributed by atoms with Gasteiger partial charge in [0.2, 0.25) is 0 Å². The predicted octanol–water partition coefficient (Wildman–Crippen LogP) is 5.21. The fraction of sp³-hybridized carbons (Fsp3) is 0.458. The Kier molecular flexibility index (Phi) is 7.64. The standard InChI is InChI=1S/C24H33N2P/c1-4-26(5-2)24(27-3)22-13-11-20(12-14-22)23(19-9-7-6-8-10-19)21-15-17-25-18-16-21/h6-14,21,23,25H,4-5,15-18H2,1-3H3. The van der Waals surface area contributed by atoms with Gasteiger partial charge >= 0.3 is 0 Å². The quantitative estimate of drug-likeness (QED) is 0.663. The summed E-state index contributed by atoms with van der Waals surface area (Å²) in [5.41, 5.74) is 5.72. The number of nitrogens with one attached hydrogen (secondary N) is 1. The molecule has 1 heterocycles. The molecule has 2 aromatic carbocycles. The normalized spacial score (nSPS) is 17.3. The summed E-state index contributed by atoms with van der Waals surface area (Å²) in [7, 11) is 1.34. The first-order chi connectivity index (χ1) is 13.3. The molecule has 1 unspecified atom stereocenters. The number of piperidine rings is 1. The van der Waals surface area contributed by atoms with Crippen molar-refractivity contribution in [2.75, 3.05) is 32.8 Å². The summed E-state index contributed by atoms with van der Waals surface area (Å²) in [6.45, 7) is 11.1. The van der Waals surface area contributed by atoms with Crippen molar-refractivity contribution in [3.05, 3.63) is 71.3 Å². The van der Waals surface area contributed by atoms with Gasteiger partial charge in [-0.3, -0.25) is 4.90 Å². The second-order valence-electron chi connectivity index (χ2n) is 7.32. The molecule has 144 valence electrons. The highest BCUT2D eigenvalue weighted by Crippen LogP contribution is 2.37. The lowest BCUT2D eigenvalue weighted by atomic mass is 9.76. The highest BCUT2D eigenvalue weighted by molar-refractivity contribution is 7.40. The molecule has 1 aliphatic rings. The predicted molar refractivity (Wildman–Crippen MR) is 120 cm³/mol. The maximum atomic E-state index is 3.52. The monoisotopic (exact) mass is 380 g/mol. The van der Waals surface area contributed by atoms with Crippen LogP contribution in [0.25, 0.3) is 0 Å². The molecule has 0 bridgehead atoms. The van der Waals surface area contributed by atoms with Crippen LogP contribution in [0, 0.1) is 5.92 Å². The van der Waals surface area contributed by atoms with Gasteiger partial charge < -0.3 is 5.32 Å². The molecule has 27 heavy (non-hydrogen) atoms. The van der Waals surface area contributed by atoms with Gasteiger partial charge in [0.05, 0.1) is 0 Å². The number of benzene rings is 2. The van der Waals surface area contributed by atoms with Gasteiger partial charge in [0.1, 0.15) is 0 Å². The molecule has 1 atom stereocenters. The second-order valence-corrected chi connectivity index (χ2v) is 8.19. The van der Waals surface area contributed by atoms with Crippen LogP contribution in [0.4, 0.5) is 0 Å². The number of rotatable bonds is 7. The summed E-state index contributed by atoms with van der Waals surface area (Å²) in [4.78, 5) is 2.47. The van der Waals surface area contributed by atoms with Crippen LogP contribution in [0.1, 0.15) is 49.3 Å². The largest absolute Gasteiger partial charge is 0.317 e. The van der Waals surface area contributed by atoms with Gasteiger partial charge in [-0.25, -0.2) is 0 Å². The van der Waals surface area contributed by atoms with Gasteiger partial charge in [-0.1, -0.05) is 76.6 Å². The first kappa shape index (κ1) is 20.3. The van der Waals surface area contributed by atoms with E-state index < -0.39 is 0 Å². The Morgan fingerprint density at radius 1 is 0.963 bits per heavy atom. The molecule has 0 aliphatic carbocycles. The maximum Gasteiger partial charge on any atom is 0.0476 e. The fourth-order valence-corrected chi connectivity index (χ4v) is 5.36. The van der Waals surface area contributed by atoms with Crippen molar-refractivity contribution in [1.82, 2.24) is 10.2 Å². The lowest BCUT2D eigenvalue weighted by Crippen LogP contribution is -2.31. The van der Waals surface area contributed by atoms with Crippen molar-refractivity contribution < 1.29 is 0 Å². The Balaban J connectivity index is 1.91. The van der Waals surface area contributed by atoms with Crippen molar-refractivity contribution in [1.29, 1.82) is 0 Å². The molecule has 0 spiro atoms. The van der Waals surface area contributed by atoms with Crippen molar-refractivity contribution in [3.63, 3.8) is 0 Å². The molecule has 0 aromatic heterocycles. The molecule has 1 fully saturated rings. The third kappa shape index (κ3) is 4.88. The van der Waals surface area contributed by atoms with Gasteiger partial charge in [0.25, 0.3) is 0 Å². The first-order valence-electron chi connectivity index (χ1n) is 10.4. The summed E-state index contributed by atoms with van der Waals surface area (Å²) < 4.78 is 0. The van der Waals surface area contributed by atoms with Crippen LogP contribution in [-0.4, -0.2) is 43.2 Å². The van der Waals surface area contributed by atoms with E-state index in [0.29, 0.717) is 5.92 Å². The van der Waals surface area contributed by atoms with Crippen LogP contribution < -0.4 is 5.32 Å². The molecule has 0 saturated carbocycles. The minimum Gasteiger partial charge on any atom is -0.317 e. The van der Waals surface area contributed by atoms with Gasteiger partial charge in [-0.05, 0) is 55.2 Å². The summed E-state index contributed by atoms with van der Waals surface area (Å²) in [6, 6.07) is 20.5. The fourth-order valence-electron chi connectivity index (χ4n) is 4.39. The van der Waals surface area contributed by atoms with Crippen molar-refractivity contribution in [3.8, 4) is 0 Å². The minimum atomic E-state index is 0.499. The average molecular weight is 381 g/mol. The zero-order valence-electron chi connectivity index (χ0n) is 17.0. The molecule has 1 aliphatic heterocycles. The number of hydrogen-bond donors (Lipinski definition) is 1. The van der Waals surface area contributed by atoms with Gasteiger partial charge in [0, 0.05) is 24.4 Å². The van der Waals surface area contributed by atoms with E-state index in [1.165, 1.54) is 43.2 Å². The molecule has 3 heteroatoms. The van der Waals surface area contributed by atoms with E-state index in [2.05, 4.69) is 85.3 Å². The van der Waals surface area contributed by atoms with E-state index in [-0.39, 0.29) is 0 Å². The average Bonchev–Trinajstić information content (AvgIpc) is 2.74. The Morgan fingerprint density at radius 3 is 2.11 bits per heavy atom. The summed E-state index contributed by atoms with van der Waals surface area (Å²) >= 11 is 0. The lowest BCUT2D eigenvalue weighted by molar-refractivity contribution is 0.342. The van der Waals surface area contributed by atoms with Crippen LogP contribution in [0.2, 0.25) is 0 Å². The van der Waals surface area contributed by atoms with E-state index >= 15 is 0 Å². The first-order valence-corrected chi connectivity index (χ1v) is 11.7. The van der Waals surface area contributed by atoms with Crippen molar-refractivity contribution >= 4 is 13.6 Å². The van der Waals surface area contributed by atoms with Crippen molar-refractivity contribution in [2.45, 2.75) is 32.6 Å². The van der Waals surface area contributed by atoms with E-state index in [9.17, 15) is 0 Å². The Bertz CT molecular complexity index is 714. The summed E-state index contributed by atoms with van der Waals surface area (Å²) in [5.74, 6) is 1.22. The van der Waals surface area contributed by atoms with Gasteiger partial charge in [-0.2, -0.15) is 0 Å². The second kappa shape index (κ2) is 10.2. The number of hydrogen-bond acceptors (Lipinski definition) is 1. The maximum absolute atomic E-state index is 3.52. The lowest BCUT2D eigenvalue weighted by Gasteiger charge is -2.32. The van der Waals surface area contributed by atoms with Crippen LogP contribution in [0.15, 0.2) is 54.6 Å². The molecule has 3 rings (SSSR count). The molecule has 2 nitrogen and oxygen atoms in total. The van der Waals surface area contributed by atoms with E-state index in [4.69, 9.17) is 0 Å². The summed E-state index contributed by atoms with van der Waals surface area (Å²) in [5, 5.41) is 3.52. The molecule has 1 N–H and O–H groups in total.